The van der Waals surface area contributed by atoms with Crippen LogP contribution in [0.1, 0.15) is 11.7 Å². The molecular formula is C20H26NO3S+. The molecule has 1 aliphatic rings. The summed E-state index contributed by atoms with van der Waals surface area (Å²) < 4.78 is 25.4. The highest BCUT2D eigenvalue weighted by atomic mass is 32.2. The molecule has 5 heteroatoms. The van der Waals surface area contributed by atoms with Gasteiger partial charge in [-0.25, -0.2) is 4.21 Å². The Balaban J connectivity index is 1.61. The number of quaternary nitrogens is 1. The van der Waals surface area contributed by atoms with Gasteiger partial charge in [0.15, 0.2) is 0 Å². The lowest BCUT2D eigenvalue weighted by atomic mass is 10.1. The molecule has 0 radical (unpaired) electrons. The number of ether oxygens (including phenoxy) is 2. The van der Waals surface area contributed by atoms with Gasteiger partial charge in [-0.1, -0.05) is 30.3 Å². The molecule has 134 valence electrons. The van der Waals surface area contributed by atoms with Crippen molar-refractivity contribution in [1.29, 1.82) is 0 Å². The maximum absolute atomic E-state index is 12.6. The molecule has 0 saturated carbocycles. The number of hydrogen-bond acceptors (Lipinski definition) is 3. The molecule has 3 rings (SSSR count). The first-order valence-electron chi connectivity index (χ1n) is 8.53. The van der Waals surface area contributed by atoms with Gasteiger partial charge in [0.05, 0.1) is 45.2 Å². The molecule has 0 spiro atoms. The smallest absolute Gasteiger partial charge is 0.130 e. The van der Waals surface area contributed by atoms with Gasteiger partial charge in [0.1, 0.15) is 18.8 Å². The van der Waals surface area contributed by atoms with E-state index in [-0.39, 0.29) is 12.2 Å². The third-order valence-corrected chi connectivity index (χ3v) is 5.54. The van der Waals surface area contributed by atoms with Crippen LogP contribution in [0.25, 0.3) is 0 Å². The van der Waals surface area contributed by atoms with Crippen molar-refractivity contribution in [2.45, 2.75) is 22.0 Å². The predicted molar refractivity (Wildman–Crippen MR) is 98.9 cm³/mol. The van der Waals surface area contributed by atoms with E-state index in [2.05, 4.69) is 21.1 Å². The van der Waals surface area contributed by atoms with Crippen molar-refractivity contribution < 1.29 is 18.2 Å². The van der Waals surface area contributed by atoms with E-state index in [1.807, 2.05) is 54.6 Å². The van der Waals surface area contributed by atoms with E-state index in [0.29, 0.717) is 13.2 Å². The maximum Gasteiger partial charge on any atom is 0.130 e. The molecule has 25 heavy (non-hydrogen) atoms. The monoisotopic (exact) mass is 360 g/mol. The Labute approximate surface area is 152 Å². The average Bonchev–Trinajstić information content (AvgIpc) is 2.61. The Morgan fingerprint density at radius 1 is 0.920 bits per heavy atom. The lowest BCUT2D eigenvalue weighted by Crippen LogP contribution is -2.46. The van der Waals surface area contributed by atoms with E-state index < -0.39 is 10.8 Å². The molecule has 4 nitrogen and oxygen atoms in total. The third kappa shape index (κ3) is 4.98. The second-order valence-electron chi connectivity index (χ2n) is 7.40. The summed E-state index contributed by atoms with van der Waals surface area (Å²) in [4.78, 5) is 1.62. The summed E-state index contributed by atoms with van der Waals surface area (Å²) in [5, 5.41) is 0. The predicted octanol–water partition coefficient (Wildman–Crippen LogP) is 3.02. The number of likely N-dealkylation sites (N-methyl/N-ethyl adjacent to an activating group) is 1. The number of rotatable bonds is 5. The van der Waals surface area contributed by atoms with Crippen LogP contribution < -0.4 is 0 Å². The van der Waals surface area contributed by atoms with E-state index >= 15 is 0 Å². The number of hydrogen-bond donors (Lipinski definition) is 0. The van der Waals surface area contributed by atoms with E-state index in [9.17, 15) is 4.21 Å². The van der Waals surface area contributed by atoms with Crippen LogP contribution in [0.15, 0.2) is 64.4 Å². The Morgan fingerprint density at radius 2 is 1.56 bits per heavy atom. The van der Waals surface area contributed by atoms with Crippen molar-refractivity contribution in [1.82, 2.24) is 0 Å². The second-order valence-corrected chi connectivity index (χ2v) is 8.88. The summed E-state index contributed by atoms with van der Waals surface area (Å²) >= 11 is 0. The first kappa shape index (κ1) is 18.3. The van der Waals surface area contributed by atoms with Crippen LogP contribution in [0.3, 0.4) is 0 Å². The van der Waals surface area contributed by atoms with Gasteiger partial charge in [-0.15, -0.1) is 0 Å². The lowest BCUT2D eigenvalue weighted by Gasteiger charge is -2.34. The van der Waals surface area contributed by atoms with Gasteiger partial charge in [-0.3, -0.25) is 0 Å². The lowest BCUT2D eigenvalue weighted by molar-refractivity contribution is -0.874. The number of nitrogens with zero attached hydrogens (tertiary/aromatic N) is 1. The topological polar surface area (TPSA) is 35.5 Å². The standard InChI is InChI=1S/C20H26NO3S/c1-21(2,3)13-17-14-24-20(15-23-17)16-9-11-19(12-10-16)25(22)18-7-5-4-6-8-18/h4-12,17,20H,13-15H2,1-3H3/q+1/t17-,20+,25?/m1/s1. The van der Waals surface area contributed by atoms with Crippen LogP contribution in [0, 0.1) is 0 Å². The molecule has 2 aromatic rings. The van der Waals surface area contributed by atoms with Crippen LogP contribution in [0.2, 0.25) is 0 Å². The quantitative estimate of drug-likeness (QED) is 0.769. The third-order valence-electron chi connectivity index (χ3n) is 4.14. The van der Waals surface area contributed by atoms with Gasteiger partial charge in [0.25, 0.3) is 0 Å². The fourth-order valence-electron chi connectivity index (χ4n) is 2.94. The van der Waals surface area contributed by atoms with Crippen LogP contribution in [0.4, 0.5) is 0 Å². The zero-order valence-corrected chi connectivity index (χ0v) is 15.9. The Morgan fingerprint density at radius 3 is 2.12 bits per heavy atom. The molecule has 0 bridgehead atoms. The van der Waals surface area contributed by atoms with Crippen LogP contribution in [-0.2, 0) is 20.3 Å². The fourth-order valence-corrected chi connectivity index (χ4v) is 4.00. The molecule has 3 atom stereocenters. The summed E-state index contributed by atoms with van der Waals surface area (Å²) in [6.07, 6.45) is 0.0871. The zero-order chi connectivity index (χ0) is 17.9. The molecule has 2 aromatic carbocycles. The maximum atomic E-state index is 12.6. The van der Waals surface area contributed by atoms with Gasteiger partial charge in [-0.05, 0) is 29.8 Å². The van der Waals surface area contributed by atoms with Crippen molar-refractivity contribution in [2.24, 2.45) is 0 Å². The molecule has 0 aliphatic carbocycles. The van der Waals surface area contributed by atoms with E-state index in [4.69, 9.17) is 9.47 Å². The van der Waals surface area contributed by atoms with Gasteiger partial charge in [0, 0.05) is 9.79 Å². The van der Waals surface area contributed by atoms with Crippen molar-refractivity contribution in [2.75, 3.05) is 40.9 Å². The molecular weight excluding hydrogens is 334 g/mol. The summed E-state index contributed by atoms with van der Waals surface area (Å²) in [5.74, 6) is 0. The van der Waals surface area contributed by atoms with E-state index in [0.717, 1.165) is 26.4 Å². The normalized spacial score (nSPS) is 22.5. The minimum Gasteiger partial charge on any atom is -0.368 e. The fraction of sp³-hybridized carbons (Fsp3) is 0.400. The van der Waals surface area contributed by atoms with Crippen LogP contribution in [0.5, 0.6) is 0 Å². The highest BCUT2D eigenvalue weighted by Gasteiger charge is 2.27. The Kier molecular flexibility index (Phi) is 5.69. The molecule has 0 amide bonds. The van der Waals surface area contributed by atoms with Crippen molar-refractivity contribution >= 4 is 10.8 Å². The van der Waals surface area contributed by atoms with Gasteiger partial charge in [0.2, 0.25) is 0 Å². The average molecular weight is 360 g/mol. The molecule has 1 saturated heterocycles. The Bertz CT molecular complexity index is 702. The molecule has 0 aromatic heterocycles. The highest BCUT2D eigenvalue weighted by Crippen LogP contribution is 2.25. The second kappa shape index (κ2) is 7.79. The van der Waals surface area contributed by atoms with Crippen molar-refractivity contribution in [3.8, 4) is 0 Å². The van der Waals surface area contributed by atoms with Crippen molar-refractivity contribution in [3.63, 3.8) is 0 Å². The summed E-state index contributed by atoms with van der Waals surface area (Å²) in [6.45, 7) is 2.10. The summed E-state index contributed by atoms with van der Waals surface area (Å²) in [5.41, 5.74) is 1.07. The summed E-state index contributed by atoms with van der Waals surface area (Å²) in [7, 11) is 5.31. The molecule has 1 fully saturated rings. The molecule has 1 unspecified atom stereocenters. The van der Waals surface area contributed by atoms with Gasteiger partial charge >= 0.3 is 0 Å². The van der Waals surface area contributed by atoms with Gasteiger partial charge < -0.3 is 14.0 Å². The molecule has 1 heterocycles. The van der Waals surface area contributed by atoms with Crippen molar-refractivity contribution in [3.05, 3.63) is 60.2 Å². The zero-order valence-electron chi connectivity index (χ0n) is 15.1. The highest BCUT2D eigenvalue weighted by molar-refractivity contribution is 7.85. The first-order chi connectivity index (χ1) is 11.9. The molecule has 1 aliphatic heterocycles. The summed E-state index contributed by atoms with van der Waals surface area (Å²) in [6, 6.07) is 17.3. The van der Waals surface area contributed by atoms with Crippen LogP contribution in [-0.4, -0.2) is 55.7 Å². The Hall–Kier alpha value is -1.53. The van der Waals surface area contributed by atoms with Gasteiger partial charge in [-0.2, -0.15) is 0 Å². The van der Waals surface area contributed by atoms with Crippen LogP contribution >= 0.6 is 0 Å². The SMILES string of the molecule is C[N+](C)(C)C[C@@H]1CO[C@H](c2ccc(S(=O)c3ccccc3)cc2)CO1. The number of benzene rings is 2. The largest absolute Gasteiger partial charge is 0.368 e. The first-order valence-corrected chi connectivity index (χ1v) is 9.68. The van der Waals surface area contributed by atoms with E-state index in [1.165, 1.54) is 0 Å². The van der Waals surface area contributed by atoms with E-state index in [1.54, 1.807) is 0 Å². The minimum atomic E-state index is -1.15. The molecule has 0 N–H and O–H groups in total. The minimum absolute atomic E-state index is 0.0528.